The summed E-state index contributed by atoms with van der Waals surface area (Å²) in [5.74, 6) is 0.0205. The predicted molar refractivity (Wildman–Crippen MR) is 132 cm³/mol. The fourth-order valence-corrected chi connectivity index (χ4v) is 4.98. The molecule has 0 aliphatic carbocycles. The van der Waals surface area contributed by atoms with Gasteiger partial charge >= 0.3 is 0 Å². The first-order valence-corrected chi connectivity index (χ1v) is 13.1. The Morgan fingerprint density at radius 3 is 2.20 bits per heavy atom. The van der Waals surface area contributed by atoms with Crippen LogP contribution in [0.2, 0.25) is 0 Å². The third-order valence-electron chi connectivity index (χ3n) is 5.14. The first kappa shape index (κ1) is 24.2. The van der Waals surface area contributed by atoms with E-state index in [0.29, 0.717) is 22.2 Å². The number of rotatable bonds is 7. The van der Waals surface area contributed by atoms with Crippen LogP contribution in [-0.2, 0) is 20.1 Å². The summed E-state index contributed by atoms with van der Waals surface area (Å²) in [7, 11) is -6.78. The maximum Gasteiger partial charge on any atom is 0.294 e. The fourth-order valence-electron chi connectivity index (χ4n) is 3.42. The van der Waals surface area contributed by atoms with Crippen molar-refractivity contribution >= 4 is 48.2 Å². The van der Waals surface area contributed by atoms with E-state index in [-0.39, 0.29) is 21.0 Å². The lowest BCUT2D eigenvalue weighted by Crippen LogP contribution is -2.15. The van der Waals surface area contributed by atoms with Gasteiger partial charge in [0.25, 0.3) is 26.0 Å². The van der Waals surface area contributed by atoms with Crippen LogP contribution in [0.15, 0.2) is 94.7 Å². The van der Waals surface area contributed by atoms with Gasteiger partial charge in [-0.25, -0.2) is 8.42 Å². The van der Waals surface area contributed by atoms with Gasteiger partial charge in [-0.1, -0.05) is 24.3 Å². The minimum atomic E-state index is -4.37. The molecule has 4 aromatic rings. The Bertz CT molecular complexity index is 1630. The molecule has 0 saturated heterocycles. The monoisotopic (exact) mass is 512 g/mol. The van der Waals surface area contributed by atoms with E-state index in [1.807, 2.05) is 0 Å². The molecule has 0 radical (unpaired) electrons. The van der Waals surface area contributed by atoms with Gasteiger partial charge in [-0.15, -0.1) is 0 Å². The van der Waals surface area contributed by atoms with Crippen molar-refractivity contribution in [2.45, 2.75) is 9.79 Å². The van der Waals surface area contributed by atoms with Crippen molar-refractivity contribution < 1.29 is 30.9 Å². The Balaban J connectivity index is 1.57. The number of anilines is 2. The van der Waals surface area contributed by atoms with Gasteiger partial charge in [-0.3, -0.25) is 14.1 Å². The number of carbonyl (C=O) groups is 1. The largest absolute Gasteiger partial charge is 0.497 e. The summed E-state index contributed by atoms with van der Waals surface area (Å²) >= 11 is 0. The lowest BCUT2D eigenvalue weighted by Gasteiger charge is -2.12. The first-order chi connectivity index (χ1) is 16.6. The van der Waals surface area contributed by atoms with Crippen LogP contribution in [0.25, 0.3) is 10.8 Å². The number of benzene rings is 4. The predicted octanol–water partition coefficient (Wildman–Crippen LogP) is 4.15. The van der Waals surface area contributed by atoms with E-state index in [1.165, 1.54) is 67.8 Å². The SMILES string of the molecule is COc1ccc(S(=O)(=O)Nc2cccc(C(=O)Nc3cccc4cc(S(=O)(=O)O)ccc34)c2)cc1. The normalized spacial score (nSPS) is 11.7. The maximum absolute atomic E-state index is 12.9. The van der Waals surface area contributed by atoms with Crippen molar-refractivity contribution in [1.29, 1.82) is 0 Å². The molecule has 0 atom stereocenters. The Hall–Kier alpha value is -3.93. The second-order valence-electron chi connectivity index (χ2n) is 7.48. The van der Waals surface area contributed by atoms with Crippen LogP contribution in [0.4, 0.5) is 11.4 Å². The van der Waals surface area contributed by atoms with Crippen molar-refractivity contribution in [1.82, 2.24) is 0 Å². The average molecular weight is 513 g/mol. The first-order valence-electron chi connectivity index (χ1n) is 10.2. The van der Waals surface area contributed by atoms with E-state index in [9.17, 15) is 26.2 Å². The molecule has 0 heterocycles. The molecule has 0 unspecified atom stereocenters. The van der Waals surface area contributed by atoms with Gasteiger partial charge in [0.2, 0.25) is 0 Å². The topological polar surface area (TPSA) is 139 Å². The molecule has 0 aliphatic rings. The number of carbonyl (C=O) groups excluding carboxylic acids is 1. The minimum absolute atomic E-state index is 0.0353. The standard InChI is InChI=1S/C24H20N2O7S2/c1-33-19-8-10-20(11-9-19)34(28,29)26-18-6-2-5-17(14-18)24(27)25-23-7-3-4-16-15-21(35(30,31)32)12-13-22(16)23/h2-15,26H,1H3,(H,25,27)(H,30,31,32). The molecule has 0 saturated carbocycles. The van der Waals surface area contributed by atoms with E-state index in [0.717, 1.165) is 0 Å². The Morgan fingerprint density at radius 1 is 0.829 bits per heavy atom. The van der Waals surface area contributed by atoms with Crippen molar-refractivity contribution in [2.24, 2.45) is 0 Å². The van der Waals surface area contributed by atoms with Gasteiger partial charge in [0.1, 0.15) is 5.75 Å². The van der Waals surface area contributed by atoms with Gasteiger partial charge in [-0.2, -0.15) is 8.42 Å². The second kappa shape index (κ2) is 9.37. The summed E-state index contributed by atoms with van der Waals surface area (Å²) in [4.78, 5) is 12.7. The molecule has 180 valence electrons. The van der Waals surface area contributed by atoms with E-state index >= 15 is 0 Å². The van der Waals surface area contributed by atoms with Crippen LogP contribution in [0.1, 0.15) is 10.4 Å². The highest BCUT2D eigenvalue weighted by Crippen LogP contribution is 2.27. The zero-order valence-corrected chi connectivity index (χ0v) is 19.9. The lowest BCUT2D eigenvalue weighted by molar-refractivity contribution is 0.102. The van der Waals surface area contributed by atoms with Gasteiger partial charge < -0.3 is 10.1 Å². The summed E-state index contributed by atoms with van der Waals surface area (Å²) < 4.78 is 65.0. The van der Waals surface area contributed by atoms with Gasteiger partial charge in [0, 0.05) is 22.3 Å². The molecular weight excluding hydrogens is 492 g/mol. The summed E-state index contributed by atoms with van der Waals surface area (Å²) in [5, 5.41) is 3.81. The Kier molecular flexibility index (Phi) is 6.48. The van der Waals surface area contributed by atoms with Crippen LogP contribution in [0.3, 0.4) is 0 Å². The molecule has 0 bridgehead atoms. The Labute approximate surface area is 202 Å². The second-order valence-corrected chi connectivity index (χ2v) is 10.6. The molecule has 35 heavy (non-hydrogen) atoms. The molecular formula is C24H20N2O7S2. The smallest absolute Gasteiger partial charge is 0.294 e. The van der Waals surface area contributed by atoms with E-state index < -0.39 is 26.0 Å². The zero-order valence-electron chi connectivity index (χ0n) is 18.3. The number of methoxy groups -OCH3 is 1. The summed E-state index contributed by atoms with van der Waals surface area (Å²) in [6.45, 7) is 0. The van der Waals surface area contributed by atoms with Crippen LogP contribution in [0, 0.1) is 0 Å². The number of ether oxygens (including phenoxy) is 1. The highest BCUT2D eigenvalue weighted by Gasteiger charge is 2.16. The molecule has 1 amide bonds. The van der Waals surface area contributed by atoms with Crippen molar-refractivity contribution in [2.75, 3.05) is 17.1 Å². The molecule has 0 spiro atoms. The molecule has 4 aromatic carbocycles. The van der Waals surface area contributed by atoms with Crippen molar-refractivity contribution in [3.05, 3.63) is 90.5 Å². The van der Waals surface area contributed by atoms with Gasteiger partial charge in [0.05, 0.1) is 16.9 Å². The van der Waals surface area contributed by atoms with Crippen LogP contribution >= 0.6 is 0 Å². The molecule has 0 aromatic heterocycles. The van der Waals surface area contributed by atoms with Crippen molar-refractivity contribution in [3.8, 4) is 5.75 Å². The zero-order chi connectivity index (χ0) is 25.2. The minimum Gasteiger partial charge on any atom is -0.497 e. The van der Waals surface area contributed by atoms with E-state index in [4.69, 9.17) is 4.74 Å². The van der Waals surface area contributed by atoms with E-state index in [2.05, 4.69) is 10.0 Å². The molecule has 0 aliphatic heterocycles. The fraction of sp³-hybridized carbons (Fsp3) is 0.0417. The summed E-state index contributed by atoms with van der Waals surface area (Å²) in [6, 6.07) is 20.8. The van der Waals surface area contributed by atoms with E-state index in [1.54, 1.807) is 24.3 Å². The van der Waals surface area contributed by atoms with Crippen LogP contribution < -0.4 is 14.8 Å². The number of amides is 1. The van der Waals surface area contributed by atoms with Gasteiger partial charge in [-0.05, 0) is 66.0 Å². The Morgan fingerprint density at radius 2 is 1.51 bits per heavy atom. The van der Waals surface area contributed by atoms with Gasteiger partial charge in [0.15, 0.2) is 0 Å². The maximum atomic E-state index is 12.9. The van der Waals surface area contributed by atoms with Crippen molar-refractivity contribution in [3.63, 3.8) is 0 Å². The number of sulfonamides is 1. The van der Waals surface area contributed by atoms with Crippen LogP contribution in [0.5, 0.6) is 5.75 Å². The third-order valence-corrected chi connectivity index (χ3v) is 7.39. The number of hydrogen-bond acceptors (Lipinski definition) is 6. The highest BCUT2D eigenvalue weighted by atomic mass is 32.2. The number of fused-ring (bicyclic) bond motifs is 1. The quantitative estimate of drug-likeness (QED) is 0.316. The molecule has 9 nitrogen and oxygen atoms in total. The molecule has 0 fully saturated rings. The summed E-state index contributed by atoms with van der Waals surface area (Å²) in [6.07, 6.45) is 0. The van der Waals surface area contributed by atoms with Crippen LogP contribution in [-0.4, -0.2) is 34.4 Å². The lowest BCUT2D eigenvalue weighted by atomic mass is 10.1. The molecule has 3 N–H and O–H groups in total. The highest BCUT2D eigenvalue weighted by molar-refractivity contribution is 7.92. The third kappa shape index (κ3) is 5.43. The molecule has 4 rings (SSSR count). The number of hydrogen-bond donors (Lipinski definition) is 3. The summed E-state index contributed by atoms with van der Waals surface area (Å²) in [5.41, 5.74) is 0.814. The number of nitrogens with one attached hydrogen (secondary N) is 2. The molecule has 11 heteroatoms. The average Bonchev–Trinajstić information content (AvgIpc) is 2.83.